The Morgan fingerprint density at radius 1 is 1.50 bits per heavy atom. The van der Waals surface area contributed by atoms with Gasteiger partial charge in [-0.05, 0) is 48.0 Å². The van der Waals surface area contributed by atoms with Crippen molar-refractivity contribution in [3.05, 3.63) is 40.3 Å². The molecule has 0 atom stereocenters. The largest absolute Gasteiger partial charge is 0.461 e. The van der Waals surface area contributed by atoms with Crippen molar-refractivity contribution in [2.45, 2.75) is 13.8 Å². The summed E-state index contributed by atoms with van der Waals surface area (Å²) in [7, 11) is 0. The number of aryl methyl sites for hydroxylation is 1. The molecule has 0 spiro atoms. The molecule has 0 aromatic carbocycles. The van der Waals surface area contributed by atoms with Crippen LogP contribution >= 0.6 is 15.9 Å². The smallest absolute Gasteiger partial charge is 0.358 e. The molecule has 94 valence electrons. The summed E-state index contributed by atoms with van der Waals surface area (Å²) in [6, 6.07) is 5.37. The minimum Gasteiger partial charge on any atom is -0.461 e. The fourth-order valence-corrected chi connectivity index (χ4v) is 1.74. The molecule has 2 heterocycles. The van der Waals surface area contributed by atoms with E-state index >= 15 is 0 Å². The number of aromatic nitrogens is 3. The first-order chi connectivity index (χ1) is 8.61. The molecule has 0 fully saturated rings. The van der Waals surface area contributed by atoms with Crippen LogP contribution in [0.15, 0.2) is 28.9 Å². The summed E-state index contributed by atoms with van der Waals surface area (Å²) >= 11 is 3.32. The van der Waals surface area contributed by atoms with Crippen LogP contribution in [0.2, 0.25) is 0 Å². The van der Waals surface area contributed by atoms with Gasteiger partial charge >= 0.3 is 5.97 Å². The van der Waals surface area contributed by atoms with E-state index in [1.807, 2.05) is 19.1 Å². The van der Waals surface area contributed by atoms with Crippen molar-refractivity contribution in [1.82, 2.24) is 14.8 Å². The van der Waals surface area contributed by atoms with E-state index in [0.717, 1.165) is 10.2 Å². The van der Waals surface area contributed by atoms with Gasteiger partial charge < -0.3 is 4.74 Å². The van der Waals surface area contributed by atoms with Gasteiger partial charge in [0.2, 0.25) is 0 Å². The molecular formula is C12H12BrN3O2. The van der Waals surface area contributed by atoms with E-state index < -0.39 is 5.97 Å². The van der Waals surface area contributed by atoms with Crippen molar-refractivity contribution in [2.24, 2.45) is 0 Å². The second-order valence-electron chi connectivity index (χ2n) is 3.64. The Labute approximate surface area is 113 Å². The normalized spacial score (nSPS) is 10.4. The predicted molar refractivity (Wildman–Crippen MR) is 69.8 cm³/mol. The molecule has 0 N–H and O–H groups in total. The molecular weight excluding hydrogens is 298 g/mol. The SMILES string of the molecule is CCOC(=O)c1cc(C)n(-c2ccc(Br)cn2)n1. The van der Waals surface area contributed by atoms with Crippen molar-refractivity contribution in [3.63, 3.8) is 0 Å². The highest BCUT2D eigenvalue weighted by molar-refractivity contribution is 9.10. The van der Waals surface area contributed by atoms with Gasteiger partial charge in [0.1, 0.15) is 0 Å². The first-order valence-corrected chi connectivity index (χ1v) is 6.27. The highest BCUT2D eigenvalue weighted by Crippen LogP contribution is 2.13. The second kappa shape index (κ2) is 5.30. The van der Waals surface area contributed by atoms with Crippen LogP contribution in [0.5, 0.6) is 0 Å². The van der Waals surface area contributed by atoms with Crippen LogP contribution in [0.25, 0.3) is 5.82 Å². The number of hydrogen-bond acceptors (Lipinski definition) is 4. The van der Waals surface area contributed by atoms with E-state index in [9.17, 15) is 4.79 Å². The van der Waals surface area contributed by atoms with Crippen LogP contribution in [0, 0.1) is 6.92 Å². The second-order valence-corrected chi connectivity index (χ2v) is 4.55. The Hall–Kier alpha value is -1.69. The van der Waals surface area contributed by atoms with Crippen molar-refractivity contribution >= 4 is 21.9 Å². The lowest BCUT2D eigenvalue weighted by molar-refractivity contribution is 0.0519. The van der Waals surface area contributed by atoms with Gasteiger partial charge in [0.05, 0.1) is 6.61 Å². The van der Waals surface area contributed by atoms with Crippen LogP contribution < -0.4 is 0 Å². The van der Waals surface area contributed by atoms with Gasteiger partial charge in [-0.2, -0.15) is 5.10 Å². The summed E-state index contributed by atoms with van der Waals surface area (Å²) in [6.07, 6.45) is 1.68. The molecule has 0 unspecified atom stereocenters. The zero-order chi connectivity index (χ0) is 13.1. The Bertz CT molecular complexity index is 563. The maximum atomic E-state index is 11.6. The lowest BCUT2D eigenvalue weighted by atomic mass is 10.4. The molecule has 0 aliphatic heterocycles. The number of rotatable bonds is 3. The highest BCUT2D eigenvalue weighted by atomic mass is 79.9. The summed E-state index contributed by atoms with van der Waals surface area (Å²) in [5.74, 6) is 0.239. The number of carbonyl (C=O) groups is 1. The third kappa shape index (κ3) is 2.59. The molecule has 0 amide bonds. The van der Waals surface area contributed by atoms with E-state index in [2.05, 4.69) is 26.0 Å². The van der Waals surface area contributed by atoms with Crippen molar-refractivity contribution in [2.75, 3.05) is 6.61 Å². The molecule has 18 heavy (non-hydrogen) atoms. The minimum atomic E-state index is -0.420. The van der Waals surface area contributed by atoms with Crippen LogP contribution in [-0.4, -0.2) is 27.3 Å². The Morgan fingerprint density at radius 3 is 2.89 bits per heavy atom. The van der Waals surface area contributed by atoms with Crippen LogP contribution in [0.1, 0.15) is 23.1 Å². The monoisotopic (exact) mass is 309 g/mol. The van der Waals surface area contributed by atoms with Gasteiger partial charge in [0, 0.05) is 16.4 Å². The van der Waals surface area contributed by atoms with Gasteiger partial charge in [-0.25, -0.2) is 14.5 Å². The lowest BCUT2D eigenvalue weighted by Gasteiger charge is -2.02. The Kier molecular flexibility index (Phi) is 3.76. The zero-order valence-electron chi connectivity index (χ0n) is 10.1. The molecule has 0 radical (unpaired) electrons. The van der Waals surface area contributed by atoms with E-state index in [-0.39, 0.29) is 0 Å². The first kappa shape index (κ1) is 12.8. The number of pyridine rings is 1. The van der Waals surface area contributed by atoms with Crippen LogP contribution in [0.3, 0.4) is 0 Å². The quantitative estimate of drug-likeness (QED) is 0.817. The topological polar surface area (TPSA) is 57.0 Å². The van der Waals surface area contributed by atoms with Gasteiger partial charge in [-0.3, -0.25) is 0 Å². The first-order valence-electron chi connectivity index (χ1n) is 5.47. The minimum absolute atomic E-state index is 0.291. The number of ether oxygens (including phenoxy) is 1. The molecule has 0 saturated heterocycles. The lowest BCUT2D eigenvalue weighted by Crippen LogP contribution is -2.07. The van der Waals surface area contributed by atoms with Crippen LogP contribution in [-0.2, 0) is 4.74 Å². The van der Waals surface area contributed by atoms with Crippen molar-refractivity contribution in [3.8, 4) is 5.82 Å². The fourth-order valence-electron chi connectivity index (χ4n) is 1.50. The average molecular weight is 310 g/mol. The summed E-state index contributed by atoms with van der Waals surface area (Å²) < 4.78 is 7.41. The van der Waals surface area contributed by atoms with E-state index in [1.165, 1.54) is 0 Å². The van der Waals surface area contributed by atoms with Gasteiger partial charge in [0.15, 0.2) is 11.5 Å². The number of halogens is 1. The third-order valence-corrected chi connectivity index (χ3v) is 2.77. The maximum absolute atomic E-state index is 11.6. The standard InChI is InChI=1S/C12H12BrN3O2/c1-3-18-12(17)10-6-8(2)16(15-10)11-5-4-9(13)7-14-11/h4-7H,3H2,1-2H3. The van der Waals surface area contributed by atoms with Gasteiger partial charge in [-0.1, -0.05) is 0 Å². The maximum Gasteiger partial charge on any atom is 0.358 e. The van der Waals surface area contributed by atoms with E-state index in [1.54, 1.807) is 23.9 Å². The van der Waals surface area contributed by atoms with E-state index in [4.69, 9.17) is 4.74 Å². The zero-order valence-corrected chi connectivity index (χ0v) is 11.6. The predicted octanol–water partition coefficient (Wildman–Crippen LogP) is 2.51. The molecule has 0 bridgehead atoms. The Morgan fingerprint density at radius 2 is 2.28 bits per heavy atom. The Balaban J connectivity index is 2.34. The number of nitrogens with zero attached hydrogens (tertiary/aromatic N) is 3. The fraction of sp³-hybridized carbons (Fsp3) is 0.250. The number of hydrogen-bond donors (Lipinski definition) is 0. The summed E-state index contributed by atoms with van der Waals surface area (Å²) in [5, 5.41) is 4.19. The highest BCUT2D eigenvalue weighted by Gasteiger charge is 2.14. The summed E-state index contributed by atoms with van der Waals surface area (Å²) in [5.41, 5.74) is 1.12. The summed E-state index contributed by atoms with van der Waals surface area (Å²) in [6.45, 7) is 3.96. The molecule has 0 aliphatic rings. The number of esters is 1. The molecule has 0 aliphatic carbocycles. The molecule has 2 aromatic heterocycles. The van der Waals surface area contributed by atoms with Gasteiger partial charge in [-0.15, -0.1) is 0 Å². The molecule has 2 rings (SSSR count). The molecule has 0 saturated carbocycles. The average Bonchev–Trinajstić information content (AvgIpc) is 2.73. The van der Waals surface area contributed by atoms with Crippen molar-refractivity contribution < 1.29 is 9.53 Å². The van der Waals surface area contributed by atoms with Crippen molar-refractivity contribution in [1.29, 1.82) is 0 Å². The van der Waals surface area contributed by atoms with Crippen LogP contribution in [0.4, 0.5) is 0 Å². The third-order valence-electron chi connectivity index (χ3n) is 2.30. The van der Waals surface area contributed by atoms with Gasteiger partial charge in [0.25, 0.3) is 0 Å². The molecule has 6 heteroatoms. The molecule has 5 nitrogen and oxygen atoms in total. The molecule has 2 aromatic rings. The number of carbonyl (C=O) groups excluding carboxylic acids is 1. The summed E-state index contributed by atoms with van der Waals surface area (Å²) in [4.78, 5) is 15.8. The van der Waals surface area contributed by atoms with E-state index in [0.29, 0.717) is 18.1 Å².